The van der Waals surface area contributed by atoms with Crippen LogP contribution in [0.4, 0.5) is 14.9 Å². The lowest BCUT2D eigenvalue weighted by atomic mass is 10.00. The van der Waals surface area contributed by atoms with Crippen LogP contribution in [0.25, 0.3) is 5.00 Å². The van der Waals surface area contributed by atoms with Gasteiger partial charge in [-0.05, 0) is 73.1 Å². The molecule has 0 radical (unpaired) electrons. The molecule has 2 aliphatic rings. The first-order valence-electron chi connectivity index (χ1n) is 12.0. The predicted molar refractivity (Wildman–Crippen MR) is 139 cm³/mol. The molecule has 8 heteroatoms. The number of amides is 2. The van der Waals surface area contributed by atoms with E-state index in [-0.39, 0.29) is 17.9 Å². The van der Waals surface area contributed by atoms with E-state index < -0.39 is 0 Å². The first kappa shape index (κ1) is 22.8. The SMILES string of the molecule is COc1ccc(C2c3cccn3-c3sc4c(c3CN2C(=O)Nc2ccc(F)cc2)CCN(C)C4)cc1. The smallest absolute Gasteiger partial charge is 0.322 e. The van der Waals surface area contributed by atoms with Crippen LogP contribution < -0.4 is 10.1 Å². The summed E-state index contributed by atoms with van der Waals surface area (Å²) in [6.45, 7) is 2.40. The van der Waals surface area contributed by atoms with E-state index in [2.05, 4.69) is 34.1 Å². The van der Waals surface area contributed by atoms with Crippen molar-refractivity contribution >= 4 is 23.1 Å². The number of likely N-dealkylation sites (N-methyl/N-ethyl adjacent to an activating group) is 1. The number of hydrogen-bond donors (Lipinski definition) is 1. The fourth-order valence-electron chi connectivity index (χ4n) is 5.22. The van der Waals surface area contributed by atoms with Gasteiger partial charge in [-0.3, -0.25) is 0 Å². The Morgan fingerprint density at radius 2 is 1.83 bits per heavy atom. The number of ether oxygens (including phenoxy) is 1. The van der Waals surface area contributed by atoms with Gasteiger partial charge in [0.1, 0.15) is 16.6 Å². The van der Waals surface area contributed by atoms with Crippen molar-refractivity contribution in [2.75, 3.05) is 26.0 Å². The van der Waals surface area contributed by atoms with Crippen molar-refractivity contribution in [1.82, 2.24) is 14.4 Å². The van der Waals surface area contributed by atoms with Gasteiger partial charge in [0.15, 0.2) is 0 Å². The quantitative estimate of drug-likeness (QED) is 0.385. The Morgan fingerprint density at radius 3 is 2.58 bits per heavy atom. The van der Waals surface area contributed by atoms with Gasteiger partial charge < -0.3 is 24.4 Å². The van der Waals surface area contributed by atoms with E-state index in [0.717, 1.165) is 36.5 Å². The molecule has 2 aliphatic heterocycles. The highest BCUT2D eigenvalue weighted by Crippen LogP contribution is 2.43. The molecular formula is C28H27FN4O2S. The van der Waals surface area contributed by atoms with Crippen molar-refractivity contribution in [2.24, 2.45) is 0 Å². The van der Waals surface area contributed by atoms with E-state index in [1.165, 1.54) is 33.1 Å². The summed E-state index contributed by atoms with van der Waals surface area (Å²) in [5, 5.41) is 4.19. The lowest BCUT2D eigenvalue weighted by Gasteiger charge is -2.32. The summed E-state index contributed by atoms with van der Waals surface area (Å²) < 4.78 is 21.1. The summed E-state index contributed by atoms with van der Waals surface area (Å²) in [4.78, 5) is 19.5. The van der Waals surface area contributed by atoms with Crippen LogP contribution in [0.15, 0.2) is 66.9 Å². The molecule has 6 nitrogen and oxygen atoms in total. The first-order valence-corrected chi connectivity index (χ1v) is 12.8. The standard InChI is InChI=1S/C28H27FN4O2S/c1-31-15-13-22-23-16-33(28(34)30-20-9-7-19(29)8-10-20)26(18-5-11-21(35-2)12-6-18)24-4-3-14-32(24)27(23)36-25(22)17-31/h3-12,14,26H,13,15-17H2,1-2H3,(H,30,34). The fourth-order valence-corrected chi connectivity index (χ4v) is 6.66. The van der Waals surface area contributed by atoms with Gasteiger partial charge in [0.2, 0.25) is 0 Å². The van der Waals surface area contributed by atoms with E-state index in [1.807, 2.05) is 46.6 Å². The number of halogens is 1. The molecule has 6 rings (SSSR count). The third kappa shape index (κ3) is 3.96. The normalized spacial score (nSPS) is 17.1. The molecule has 0 saturated carbocycles. The number of hydrogen-bond acceptors (Lipinski definition) is 4. The predicted octanol–water partition coefficient (Wildman–Crippen LogP) is 5.81. The summed E-state index contributed by atoms with van der Waals surface area (Å²) in [5.74, 6) is 0.429. The lowest BCUT2D eigenvalue weighted by Crippen LogP contribution is -2.38. The highest BCUT2D eigenvalue weighted by molar-refractivity contribution is 7.15. The van der Waals surface area contributed by atoms with E-state index in [0.29, 0.717) is 12.2 Å². The number of aromatic nitrogens is 1. The monoisotopic (exact) mass is 502 g/mol. The third-order valence-corrected chi connectivity index (χ3v) is 8.30. The maximum atomic E-state index is 13.9. The number of nitrogens with zero attached hydrogens (tertiary/aromatic N) is 3. The molecule has 0 fully saturated rings. The van der Waals surface area contributed by atoms with Crippen molar-refractivity contribution < 1.29 is 13.9 Å². The van der Waals surface area contributed by atoms with Crippen LogP contribution in [0.3, 0.4) is 0 Å². The Morgan fingerprint density at radius 1 is 1.06 bits per heavy atom. The molecule has 1 atom stereocenters. The minimum atomic E-state index is -0.337. The molecule has 0 saturated heterocycles. The largest absolute Gasteiger partial charge is 0.497 e. The average molecular weight is 503 g/mol. The Balaban J connectivity index is 1.48. The maximum Gasteiger partial charge on any atom is 0.322 e. The molecular weight excluding hydrogens is 475 g/mol. The molecule has 0 aliphatic carbocycles. The van der Waals surface area contributed by atoms with Gasteiger partial charge in [-0.25, -0.2) is 9.18 Å². The van der Waals surface area contributed by atoms with Crippen LogP contribution in [0, 0.1) is 5.82 Å². The minimum absolute atomic E-state index is 0.226. The Labute approximate surface area is 213 Å². The summed E-state index contributed by atoms with van der Waals surface area (Å²) in [7, 11) is 3.80. The molecule has 2 aromatic carbocycles. The molecule has 0 spiro atoms. The second-order valence-electron chi connectivity index (χ2n) is 9.32. The van der Waals surface area contributed by atoms with Crippen LogP contribution in [-0.4, -0.2) is 41.1 Å². The van der Waals surface area contributed by atoms with E-state index in [9.17, 15) is 9.18 Å². The van der Waals surface area contributed by atoms with Crippen molar-refractivity contribution in [3.05, 3.63) is 99.9 Å². The second-order valence-corrected chi connectivity index (χ2v) is 10.4. The summed E-state index contributed by atoms with van der Waals surface area (Å²) >= 11 is 1.83. The summed E-state index contributed by atoms with van der Waals surface area (Å²) in [6.07, 6.45) is 3.06. The van der Waals surface area contributed by atoms with E-state index in [4.69, 9.17) is 4.74 Å². The van der Waals surface area contributed by atoms with Crippen molar-refractivity contribution in [3.8, 4) is 10.8 Å². The number of methoxy groups -OCH3 is 1. The highest BCUT2D eigenvalue weighted by atomic mass is 32.1. The third-order valence-electron chi connectivity index (χ3n) is 7.04. The van der Waals surface area contributed by atoms with E-state index in [1.54, 1.807) is 19.2 Å². The van der Waals surface area contributed by atoms with Crippen LogP contribution >= 0.6 is 11.3 Å². The van der Waals surface area contributed by atoms with Crippen molar-refractivity contribution in [3.63, 3.8) is 0 Å². The number of nitrogens with one attached hydrogen (secondary N) is 1. The van der Waals surface area contributed by atoms with Crippen LogP contribution in [0.5, 0.6) is 5.75 Å². The molecule has 4 aromatic rings. The molecule has 0 bridgehead atoms. The van der Waals surface area contributed by atoms with Gasteiger partial charge in [0.25, 0.3) is 0 Å². The number of rotatable bonds is 3. The first-order chi connectivity index (χ1) is 17.5. The molecule has 1 unspecified atom stereocenters. The van der Waals surface area contributed by atoms with Gasteiger partial charge in [-0.2, -0.15) is 0 Å². The summed E-state index contributed by atoms with van der Waals surface area (Å²) in [5.41, 5.74) is 5.16. The fraction of sp³-hybridized carbons (Fsp3) is 0.250. The number of urea groups is 1. The van der Waals surface area contributed by atoms with E-state index >= 15 is 0 Å². The van der Waals surface area contributed by atoms with Crippen LogP contribution in [-0.2, 0) is 19.5 Å². The zero-order chi connectivity index (χ0) is 24.8. The maximum absolute atomic E-state index is 13.9. The van der Waals surface area contributed by atoms with Crippen LogP contribution in [0.1, 0.15) is 33.3 Å². The molecule has 2 aromatic heterocycles. The second kappa shape index (κ2) is 9.11. The topological polar surface area (TPSA) is 49.7 Å². The average Bonchev–Trinajstić information content (AvgIpc) is 3.47. The van der Waals surface area contributed by atoms with Crippen LogP contribution in [0.2, 0.25) is 0 Å². The Hall–Kier alpha value is -3.62. The summed E-state index contributed by atoms with van der Waals surface area (Å²) in [6, 6.07) is 17.4. The van der Waals surface area contributed by atoms with Crippen molar-refractivity contribution in [1.29, 1.82) is 0 Å². The van der Waals surface area contributed by atoms with Gasteiger partial charge in [-0.1, -0.05) is 12.1 Å². The van der Waals surface area contributed by atoms with Gasteiger partial charge in [0, 0.05) is 35.4 Å². The van der Waals surface area contributed by atoms with Gasteiger partial charge in [0.05, 0.1) is 25.4 Å². The number of fused-ring (bicyclic) bond motifs is 5. The number of anilines is 1. The van der Waals surface area contributed by atoms with Gasteiger partial charge in [-0.15, -0.1) is 11.3 Å². The molecule has 4 heterocycles. The van der Waals surface area contributed by atoms with Gasteiger partial charge >= 0.3 is 6.03 Å². The number of benzene rings is 2. The zero-order valence-electron chi connectivity index (χ0n) is 20.2. The Kier molecular flexibility index (Phi) is 5.78. The lowest BCUT2D eigenvalue weighted by molar-refractivity contribution is 0.194. The number of carbonyl (C=O) groups excluding carboxylic acids is 1. The molecule has 1 N–H and O–H groups in total. The minimum Gasteiger partial charge on any atom is -0.497 e. The molecule has 2 amide bonds. The zero-order valence-corrected chi connectivity index (χ0v) is 21.0. The number of carbonyl (C=O) groups is 1. The Bertz CT molecular complexity index is 1410. The van der Waals surface area contributed by atoms with Crippen molar-refractivity contribution in [2.45, 2.75) is 25.6 Å². The number of thiophene rings is 1. The molecule has 184 valence electrons. The molecule has 36 heavy (non-hydrogen) atoms. The highest BCUT2D eigenvalue weighted by Gasteiger charge is 2.36.